The van der Waals surface area contributed by atoms with Crippen LogP contribution in [0.1, 0.15) is 5.69 Å². The monoisotopic (exact) mass is 268 g/mol. The van der Waals surface area contributed by atoms with E-state index in [1.165, 1.54) is 12.1 Å². The maximum absolute atomic E-state index is 13.0. The minimum absolute atomic E-state index is 0.247. The SMILES string of the molecule is Cc1c(Br)c(-c2cccc(F)c2)nn1C. The van der Waals surface area contributed by atoms with Crippen molar-refractivity contribution in [3.63, 3.8) is 0 Å². The number of benzene rings is 1. The van der Waals surface area contributed by atoms with Crippen molar-refractivity contribution in [1.29, 1.82) is 0 Å². The predicted molar refractivity (Wildman–Crippen MR) is 61.0 cm³/mol. The van der Waals surface area contributed by atoms with Gasteiger partial charge in [0.15, 0.2) is 0 Å². The van der Waals surface area contributed by atoms with Crippen molar-refractivity contribution >= 4 is 15.9 Å². The lowest BCUT2D eigenvalue weighted by Crippen LogP contribution is -1.92. The molecular formula is C11H10BrFN2. The second kappa shape index (κ2) is 3.77. The molecule has 1 heterocycles. The first-order valence-electron chi connectivity index (χ1n) is 4.54. The molecule has 0 aliphatic heterocycles. The molecule has 15 heavy (non-hydrogen) atoms. The maximum atomic E-state index is 13.0. The number of hydrogen-bond donors (Lipinski definition) is 0. The molecule has 0 saturated heterocycles. The smallest absolute Gasteiger partial charge is 0.123 e. The summed E-state index contributed by atoms with van der Waals surface area (Å²) in [4.78, 5) is 0. The number of nitrogens with zero attached hydrogens (tertiary/aromatic N) is 2. The van der Waals surface area contributed by atoms with Gasteiger partial charge in [-0.25, -0.2) is 4.39 Å². The topological polar surface area (TPSA) is 17.8 Å². The quantitative estimate of drug-likeness (QED) is 0.776. The predicted octanol–water partition coefficient (Wildman–Crippen LogP) is 3.30. The van der Waals surface area contributed by atoms with Gasteiger partial charge in [0, 0.05) is 18.3 Å². The third kappa shape index (κ3) is 1.81. The van der Waals surface area contributed by atoms with Gasteiger partial charge in [-0.05, 0) is 35.0 Å². The van der Waals surface area contributed by atoms with Crippen molar-refractivity contribution < 1.29 is 4.39 Å². The molecule has 0 N–H and O–H groups in total. The van der Waals surface area contributed by atoms with Gasteiger partial charge in [0.2, 0.25) is 0 Å². The maximum Gasteiger partial charge on any atom is 0.123 e. The number of halogens is 2. The Bertz CT molecular complexity index is 505. The lowest BCUT2D eigenvalue weighted by molar-refractivity contribution is 0.628. The number of aromatic nitrogens is 2. The molecule has 0 radical (unpaired) electrons. The summed E-state index contributed by atoms with van der Waals surface area (Å²) in [5.74, 6) is -0.247. The molecule has 0 aliphatic carbocycles. The Kier molecular flexibility index (Phi) is 2.61. The van der Waals surface area contributed by atoms with Crippen LogP contribution < -0.4 is 0 Å². The molecule has 0 bridgehead atoms. The van der Waals surface area contributed by atoms with E-state index >= 15 is 0 Å². The van der Waals surface area contributed by atoms with Crippen LogP contribution >= 0.6 is 15.9 Å². The molecule has 4 heteroatoms. The standard InChI is InChI=1S/C11H10BrFN2/c1-7-10(12)11(14-15(7)2)8-4-3-5-9(13)6-8/h3-6H,1-2H3. The van der Waals surface area contributed by atoms with Crippen LogP contribution in [0.3, 0.4) is 0 Å². The summed E-state index contributed by atoms with van der Waals surface area (Å²) >= 11 is 3.46. The fourth-order valence-electron chi connectivity index (χ4n) is 1.40. The van der Waals surface area contributed by atoms with Crippen LogP contribution in [-0.2, 0) is 7.05 Å². The highest BCUT2D eigenvalue weighted by Crippen LogP contribution is 2.29. The van der Waals surface area contributed by atoms with E-state index in [2.05, 4.69) is 21.0 Å². The third-order valence-corrected chi connectivity index (χ3v) is 3.31. The Morgan fingerprint density at radius 1 is 1.40 bits per heavy atom. The van der Waals surface area contributed by atoms with Crippen molar-refractivity contribution in [2.24, 2.45) is 7.05 Å². The number of rotatable bonds is 1. The Morgan fingerprint density at radius 3 is 2.67 bits per heavy atom. The van der Waals surface area contributed by atoms with E-state index in [0.29, 0.717) is 0 Å². The van der Waals surface area contributed by atoms with E-state index in [1.54, 1.807) is 10.7 Å². The van der Waals surface area contributed by atoms with Crippen LogP contribution in [-0.4, -0.2) is 9.78 Å². The molecule has 0 amide bonds. The number of hydrogen-bond acceptors (Lipinski definition) is 1. The molecule has 2 aromatic rings. The summed E-state index contributed by atoms with van der Waals surface area (Å²) in [6, 6.07) is 6.43. The zero-order valence-corrected chi connectivity index (χ0v) is 10.0. The van der Waals surface area contributed by atoms with Crippen molar-refractivity contribution in [3.8, 4) is 11.3 Å². The average Bonchev–Trinajstić information content (AvgIpc) is 2.46. The van der Waals surface area contributed by atoms with Crippen molar-refractivity contribution in [3.05, 3.63) is 40.2 Å². The van der Waals surface area contributed by atoms with Crippen LogP contribution in [0.15, 0.2) is 28.7 Å². The molecule has 1 aromatic carbocycles. The summed E-state index contributed by atoms with van der Waals surface area (Å²) in [5.41, 5.74) is 2.58. The first-order chi connectivity index (χ1) is 7.09. The fraction of sp³-hybridized carbons (Fsp3) is 0.182. The lowest BCUT2D eigenvalue weighted by Gasteiger charge is -1.97. The van der Waals surface area contributed by atoms with Crippen LogP contribution in [0, 0.1) is 12.7 Å². The van der Waals surface area contributed by atoms with Crippen molar-refractivity contribution in [2.75, 3.05) is 0 Å². The van der Waals surface area contributed by atoms with Crippen LogP contribution in [0.4, 0.5) is 4.39 Å². The Balaban J connectivity index is 2.59. The van der Waals surface area contributed by atoms with Gasteiger partial charge in [-0.1, -0.05) is 12.1 Å². The summed E-state index contributed by atoms with van der Waals surface area (Å²) in [7, 11) is 1.86. The Hall–Kier alpha value is -1.16. The Morgan fingerprint density at radius 2 is 2.13 bits per heavy atom. The summed E-state index contributed by atoms with van der Waals surface area (Å²) in [6.07, 6.45) is 0. The third-order valence-electron chi connectivity index (χ3n) is 2.36. The minimum atomic E-state index is -0.247. The Labute approximate surface area is 95.9 Å². The zero-order chi connectivity index (χ0) is 11.0. The molecule has 0 atom stereocenters. The van der Waals surface area contributed by atoms with Gasteiger partial charge < -0.3 is 0 Å². The van der Waals surface area contributed by atoms with E-state index < -0.39 is 0 Å². The van der Waals surface area contributed by atoms with E-state index in [-0.39, 0.29) is 5.82 Å². The number of aryl methyl sites for hydroxylation is 1. The molecule has 1 aromatic heterocycles. The van der Waals surface area contributed by atoms with Gasteiger partial charge >= 0.3 is 0 Å². The van der Waals surface area contributed by atoms with Gasteiger partial charge in [0.05, 0.1) is 4.47 Å². The van der Waals surface area contributed by atoms with Crippen molar-refractivity contribution in [1.82, 2.24) is 9.78 Å². The van der Waals surface area contributed by atoms with Gasteiger partial charge in [0.25, 0.3) is 0 Å². The van der Waals surface area contributed by atoms with Crippen LogP contribution in [0.25, 0.3) is 11.3 Å². The molecule has 0 unspecified atom stereocenters. The molecule has 0 spiro atoms. The molecule has 2 nitrogen and oxygen atoms in total. The van der Waals surface area contributed by atoms with Gasteiger partial charge in [-0.3, -0.25) is 4.68 Å². The van der Waals surface area contributed by atoms with Gasteiger partial charge in [0.1, 0.15) is 11.5 Å². The van der Waals surface area contributed by atoms with E-state index in [4.69, 9.17) is 0 Å². The molecule has 78 valence electrons. The second-order valence-corrected chi connectivity index (χ2v) is 4.17. The highest BCUT2D eigenvalue weighted by Gasteiger charge is 2.12. The summed E-state index contributed by atoms with van der Waals surface area (Å²) in [5, 5.41) is 4.32. The first-order valence-corrected chi connectivity index (χ1v) is 5.34. The first kappa shape index (κ1) is 10.4. The van der Waals surface area contributed by atoms with Gasteiger partial charge in [-0.15, -0.1) is 0 Å². The van der Waals surface area contributed by atoms with Gasteiger partial charge in [-0.2, -0.15) is 5.10 Å². The molecule has 2 rings (SSSR count). The molecule has 0 aliphatic rings. The van der Waals surface area contributed by atoms with Crippen LogP contribution in [0.5, 0.6) is 0 Å². The largest absolute Gasteiger partial charge is 0.271 e. The lowest BCUT2D eigenvalue weighted by atomic mass is 10.1. The molecule has 0 saturated carbocycles. The van der Waals surface area contributed by atoms with E-state index in [1.807, 2.05) is 20.0 Å². The highest BCUT2D eigenvalue weighted by atomic mass is 79.9. The summed E-state index contributed by atoms with van der Waals surface area (Å²) in [6.45, 7) is 1.96. The molecular weight excluding hydrogens is 259 g/mol. The average molecular weight is 269 g/mol. The summed E-state index contributed by atoms with van der Waals surface area (Å²) < 4.78 is 15.7. The van der Waals surface area contributed by atoms with Crippen molar-refractivity contribution in [2.45, 2.75) is 6.92 Å². The second-order valence-electron chi connectivity index (χ2n) is 3.38. The highest BCUT2D eigenvalue weighted by molar-refractivity contribution is 9.10. The zero-order valence-electron chi connectivity index (χ0n) is 8.46. The van der Waals surface area contributed by atoms with E-state index in [0.717, 1.165) is 21.4 Å². The molecule has 0 fully saturated rings. The minimum Gasteiger partial charge on any atom is -0.271 e. The fourth-order valence-corrected chi connectivity index (χ4v) is 1.97. The normalized spacial score (nSPS) is 10.7. The van der Waals surface area contributed by atoms with E-state index in [9.17, 15) is 4.39 Å². The van der Waals surface area contributed by atoms with Crippen LogP contribution in [0.2, 0.25) is 0 Å².